The lowest BCUT2D eigenvalue weighted by atomic mass is 10.1. The molecule has 2 aromatic rings. The van der Waals surface area contributed by atoms with Crippen LogP contribution in [0.3, 0.4) is 0 Å². The summed E-state index contributed by atoms with van der Waals surface area (Å²) in [6.45, 7) is 1.35. The van der Waals surface area contributed by atoms with Crippen LogP contribution in [0.1, 0.15) is 18.5 Å². The topological polar surface area (TPSA) is 84.9 Å². The quantitative estimate of drug-likeness (QED) is 0.649. The normalized spacial score (nSPS) is 12.2. The maximum absolute atomic E-state index is 12.6. The molecule has 10 heteroatoms. The number of carbonyl (C=O) groups excluding carboxylic acids is 1. The molecule has 1 N–H and O–H groups in total. The Hall–Kier alpha value is -2.16. The molecule has 1 amide bonds. The molecular weight excluding hydrogens is 439 g/mol. The van der Waals surface area contributed by atoms with Gasteiger partial charge < -0.3 is 14.8 Å². The second-order valence-electron chi connectivity index (χ2n) is 6.30. The largest absolute Gasteiger partial charge is 0.493 e. The lowest BCUT2D eigenvalue weighted by Crippen LogP contribution is -2.41. The first kappa shape index (κ1) is 23.1. The minimum atomic E-state index is -3.75. The lowest BCUT2D eigenvalue weighted by Gasteiger charge is -2.24. The molecular formula is C19H22Cl2N2O5S. The number of benzene rings is 2. The Morgan fingerprint density at radius 2 is 1.66 bits per heavy atom. The highest BCUT2D eigenvalue weighted by atomic mass is 35.5. The van der Waals surface area contributed by atoms with Gasteiger partial charge in [0, 0.05) is 10.0 Å². The van der Waals surface area contributed by atoms with Gasteiger partial charge >= 0.3 is 0 Å². The van der Waals surface area contributed by atoms with Crippen LogP contribution in [0.2, 0.25) is 10.0 Å². The van der Waals surface area contributed by atoms with E-state index in [4.69, 9.17) is 32.7 Å². The van der Waals surface area contributed by atoms with Crippen molar-refractivity contribution in [3.8, 4) is 11.5 Å². The molecule has 158 valence electrons. The minimum absolute atomic E-state index is 0.207. The molecule has 0 fully saturated rings. The van der Waals surface area contributed by atoms with Gasteiger partial charge in [-0.15, -0.1) is 0 Å². The van der Waals surface area contributed by atoms with Gasteiger partial charge in [-0.2, -0.15) is 0 Å². The third kappa shape index (κ3) is 6.16. The van der Waals surface area contributed by atoms with Crippen molar-refractivity contribution in [2.24, 2.45) is 0 Å². The Labute approximate surface area is 180 Å². The van der Waals surface area contributed by atoms with Gasteiger partial charge in [-0.1, -0.05) is 29.3 Å². The monoisotopic (exact) mass is 460 g/mol. The van der Waals surface area contributed by atoms with Gasteiger partial charge in [0.15, 0.2) is 11.5 Å². The van der Waals surface area contributed by atoms with Crippen molar-refractivity contribution in [2.45, 2.75) is 13.0 Å². The van der Waals surface area contributed by atoms with E-state index >= 15 is 0 Å². The summed E-state index contributed by atoms with van der Waals surface area (Å²) >= 11 is 11.9. The van der Waals surface area contributed by atoms with Gasteiger partial charge in [-0.25, -0.2) is 8.42 Å². The molecule has 0 aliphatic rings. The Morgan fingerprint density at radius 1 is 1.07 bits per heavy atom. The minimum Gasteiger partial charge on any atom is -0.493 e. The Kier molecular flexibility index (Phi) is 7.62. The highest BCUT2D eigenvalue weighted by Crippen LogP contribution is 2.30. The van der Waals surface area contributed by atoms with E-state index in [0.717, 1.165) is 16.1 Å². The first-order valence-corrected chi connectivity index (χ1v) is 11.1. The third-order valence-corrected chi connectivity index (χ3v) is 5.68. The van der Waals surface area contributed by atoms with E-state index in [1.807, 2.05) is 0 Å². The number of hydrogen-bond acceptors (Lipinski definition) is 5. The fourth-order valence-corrected chi connectivity index (χ4v) is 4.06. The first-order valence-electron chi connectivity index (χ1n) is 8.50. The fraction of sp³-hybridized carbons (Fsp3) is 0.316. The highest BCUT2D eigenvalue weighted by Gasteiger charge is 2.23. The fourth-order valence-electron chi connectivity index (χ4n) is 2.71. The number of nitrogens with zero attached hydrogens (tertiary/aromatic N) is 1. The summed E-state index contributed by atoms with van der Waals surface area (Å²) in [6, 6.07) is 9.21. The molecule has 0 heterocycles. The maximum Gasteiger partial charge on any atom is 0.241 e. The van der Waals surface area contributed by atoms with Crippen molar-refractivity contribution in [3.63, 3.8) is 0 Å². The van der Waals surface area contributed by atoms with Crippen molar-refractivity contribution < 1.29 is 22.7 Å². The number of ether oxygens (including phenoxy) is 2. The van der Waals surface area contributed by atoms with Crippen LogP contribution in [0.15, 0.2) is 36.4 Å². The van der Waals surface area contributed by atoms with Crippen LogP contribution < -0.4 is 19.1 Å². The van der Waals surface area contributed by atoms with E-state index in [1.54, 1.807) is 25.1 Å². The van der Waals surface area contributed by atoms with Gasteiger partial charge in [0.2, 0.25) is 15.9 Å². The number of halogens is 2. The van der Waals surface area contributed by atoms with E-state index in [0.29, 0.717) is 11.5 Å². The zero-order valence-electron chi connectivity index (χ0n) is 16.4. The van der Waals surface area contributed by atoms with Crippen LogP contribution >= 0.6 is 23.2 Å². The van der Waals surface area contributed by atoms with Crippen molar-refractivity contribution >= 4 is 44.8 Å². The number of amides is 1. The predicted octanol–water partition coefficient (Wildman–Crippen LogP) is 3.65. The van der Waals surface area contributed by atoms with Gasteiger partial charge in [0.1, 0.15) is 6.54 Å². The number of methoxy groups -OCH3 is 2. The Bertz CT molecular complexity index is 978. The Balaban J connectivity index is 2.20. The summed E-state index contributed by atoms with van der Waals surface area (Å²) in [5.41, 5.74) is 0.978. The van der Waals surface area contributed by atoms with Crippen LogP contribution in [0, 0.1) is 0 Å². The summed E-state index contributed by atoms with van der Waals surface area (Å²) in [4.78, 5) is 12.6. The number of rotatable bonds is 8. The summed E-state index contributed by atoms with van der Waals surface area (Å²) in [5, 5.41) is 3.31. The first-order chi connectivity index (χ1) is 13.5. The van der Waals surface area contributed by atoms with E-state index in [9.17, 15) is 13.2 Å². The number of nitrogens with one attached hydrogen (secondary N) is 1. The zero-order valence-corrected chi connectivity index (χ0v) is 18.7. The second-order valence-corrected chi connectivity index (χ2v) is 9.08. The summed E-state index contributed by atoms with van der Waals surface area (Å²) in [6.07, 6.45) is 1.01. The van der Waals surface area contributed by atoms with E-state index in [-0.39, 0.29) is 15.7 Å². The molecule has 0 radical (unpaired) electrons. The molecule has 0 saturated carbocycles. The maximum atomic E-state index is 12.6. The number of sulfonamides is 1. The Morgan fingerprint density at radius 3 is 2.17 bits per heavy atom. The average molecular weight is 461 g/mol. The molecule has 0 aromatic heterocycles. The summed E-state index contributed by atoms with van der Waals surface area (Å²) < 4.78 is 35.9. The van der Waals surface area contributed by atoms with Crippen molar-refractivity contribution in [3.05, 3.63) is 52.0 Å². The third-order valence-electron chi connectivity index (χ3n) is 4.11. The van der Waals surface area contributed by atoms with E-state index in [1.165, 1.54) is 32.4 Å². The summed E-state index contributed by atoms with van der Waals surface area (Å²) in [5.74, 6) is 0.599. The van der Waals surface area contributed by atoms with Crippen LogP contribution in [0.5, 0.6) is 11.5 Å². The second kappa shape index (κ2) is 9.56. The molecule has 2 aromatic carbocycles. The summed E-state index contributed by atoms with van der Waals surface area (Å²) in [7, 11) is -0.697. The number of hydrogen-bond donors (Lipinski definition) is 1. The molecule has 0 saturated heterocycles. The average Bonchev–Trinajstić information content (AvgIpc) is 2.63. The van der Waals surface area contributed by atoms with Gasteiger partial charge in [0.25, 0.3) is 0 Å². The predicted molar refractivity (Wildman–Crippen MR) is 115 cm³/mol. The van der Waals surface area contributed by atoms with Crippen LogP contribution in [0.25, 0.3) is 0 Å². The highest BCUT2D eigenvalue weighted by molar-refractivity contribution is 7.92. The van der Waals surface area contributed by atoms with Crippen LogP contribution in [0.4, 0.5) is 5.69 Å². The molecule has 29 heavy (non-hydrogen) atoms. The van der Waals surface area contributed by atoms with Gasteiger partial charge in [-0.05, 0) is 42.8 Å². The van der Waals surface area contributed by atoms with Crippen molar-refractivity contribution in [2.75, 3.05) is 31.3 Å². The van der Waals surface area contributed by atoms with Crippen molar-refractivity contribution in [1.82, 2.24) is 5.32 Å². The van der Waals surface area contributed by atoms with E-state index in [2.05, 4.69) is 5.32 Å². The van der Waals surface area contributed by atoms with Crippen molar-refractivity contribution in [1.29, 1.82) is 0 Å². The lowest BCUT2D eigenvalue weighted by molar-refractivity contribution is -0.120. The van der Waals surface area contributed by atoms with Gasteiger partial charge in [-0.3, -0.25) is 9.10 Å². The molecule has 0 unspecified atom stereocenters. The number of carbonyl (C=O) groups is 1. The molecule has 0 aliphatic heterocycles. The van der Waals surface area contributed by atoms with Crippen LogP contribution in [-0.2, 0) is 14.8 Å². The number of anilines is 1. The SMILES string of the molecule is COc1ccc([C@@H](C)NC(=O)CN(c2cc(Cl)cc(Cl)c2)S(C)(=O)=O)cc1OC. The smallest absolute Gasteiger partial charge is 0.241 e. The molecule has 1 atom stereocenters. The van der Waals surface area contributed by atoms with Gasteiger partial charge in [0.05, 0.1) is 32.2 Å². The molecule has 7 nitrogen and oxygen atoms in total. The van der Waals surface area contributed by atoms with Crippen LogP contribution in [-0.4, -0.2) is 41.3 Å². The molecule has 2 rings (SSSR count). The standard InChI is InChI=1S/C19H22Cl2N2O5S/c1-12(13-5-6-17(27-2)18(7-13)28-3)22-19(24)11-23(29(4,25)26)16-9-14(20)8-15(21)10-16/h5-10,12H,11H2,1-4H3,(H,22,24)/t12-/m1/s1. The van der Waals surface area contributed by atoms with E-state index < -0.39 is 28.5 Å². The zero-order chi connectivity index (χ0) is 21.8. The molecule has 0 bridgehead atoms. The molecule has 0 aliphatic carbocycles. The molecule has 0 spiro atoms.